The molecule has 0 atom stereocenters. The van der Waals surface area contributed by atoms with Gasteiger partial charge in [0.1, 0.15) is 5.60 Å². The number of hydrogen-bond acceptors (Lipinski definition) is 2. The van der Waals surface area contributed by atoms with Gasteiger partial charge >= 0.3 is 0 Å². The normalized spacial score (nSPS) is 12.2. The van der Waals surface area contributed by atoms with Gasteiger partial charge in [-0.15, -0.1) is 0 Å². The zero-order valence-corrected chi connectivity index (χ0v) is 8.37. The van der Waals surface area contributed by atoms with Crippen LogP contribution in [0.15, 0.2) is 30.3 Å². The minimum absolute atomic E-state index is 0.473. The molecule has 0 unspecified atom stereocenters. The van der Waals surface area contributed by atoms with Crippen LogP contribution in [-0.4, -0.2) is 4.98 Å². The van der Waals surface area contributed by atoms with Crippen LogP contribution in [0, 0.1) is 0 Å². The highest BCUT2D eigenvalue weighted by Gasteiger charge is 2.22. The number of H-pyrrole nitrogens is 1. The Bertz CT molecular complexity index is 412. The molecule has 0 radical (unpaired) electrons. The first kappa shape index (κ1) is 9.24. The Hall–Kier alpha value is -1.32. The molecule has 74 valence electrons. The van der Waals surface area contributed by atoms with Crippen molar-refractivity contribution in [1.82, 2.24) is 4.98 Å². The molecule has 0 aliphatic carbocycles. The van der Waals surface area contributed by atoms with Crippen molar-refractivity contribution < 1.29 is 4.84 Å². The number of hydrogen-bond donors (Lipinski definition) is 2. The van der Waals surface area contributed by atoms with E-state index in [9.17, 15) is 0 Å². The molecule has 2 rings (SSSR count). The lowest BCUT2D eigenvalue weighted by atomic mass is 10.1. The summed E-state index contributed by atoms with van der Waals surface area (Å²) in [7, 11) is 0. The monoisotopic (exact) mass is 190 g/mol. The third kappa shape index (κ3) is 1.41. The average Bonchev–Trinajstić information content (AvgIpc) is 2.61. The van der Waals surface area contributed by atoms with Crippen LogP contribution in [0.1, 0.15) is 19.5 Å². The molecule has 3 N–H and O–H groups in total. The summed E-state index contributed by atoms with van der Waals surface area (Å²) in [6, 6.07) is 10.2. The number of nitrogens with two attached hydrogens (primary N) is 1. The highest BCUT2D eigenvalue weighted by molar-refractivity contribution is 5.80. The molecule has 1 aromatic carbocycles. The zero-order chi connectivity index (χ0) is 10.2. The van der Waals surface area contributed by atoms with Gasteiger partial charge in [0.05, 0.1) is 0 Å². The van der Waals surface area contributed by atoms with Crippen LogP contribution in [0.2, 0.25) is 0 Å². The fourth-order valence-electron chi connectivity index (χ4n) is 1.46. The Balaban J connectivity index is 2.55. The van der Waals surface area contributed by atoms with Crippen LogP contribution >= 0.6 is 0 Å². The van der Waals surface area contributed by atoms with Crippen molar-refractivity contribution >= 4 is 10.9 Å². The summed E-state index contributed by atoms with van der Waals surface area (Å²) in [5, 5.41) is 1.17. The first-order valence-corrected chi connectivity index (χ1v) is 4.59. The maximum atomic E-state index is 5.24. The predicted molar refractivity (Wildman–Crippen MR) is 56.6 cm³/mol. The van der Waals surface area contributed by atoms with Gasteiger partial charge in [-0.3, -0.25) is 4.84 Å². The van der Waals surface area contributed by atoms with Crippen molar-refractivity contribution in [3.63, 3.8) is 0 Å². The van der Waals surface area contributed by atoms with Gasteiger partial charge in [0.15, 0.2) is 0 Å². The number of aromatic nitrogens is 1. The Morgan fingerprint density at radius 3 is 2.64 bits per heavy atom. The molecular formula is C11H14N2O. The van der Waals surface area contributed by atoms with Crippen molar-refractivity contribution in [2.75, 3.05) is 0 Å². The van der Waals surface area contributed by atoms with E-state index in [2.05, 4.69) is 17.1 Å². The summed E-state index contributed by atoms with van der Waals surface area (Å²) < 4.78 is 0. The Labute approximate surface area is 82.8 Å². The van der Waals surface area contributed by atoms with Gasteiger partial charge in [-0.25, -0.2) is 5.90 Å². The molecule has 0 aliphatic rings. The van der Waals surface area contributed by atoms with Crippen LogP contribution in [0.25, 0.3) is 10.9 Å². The van der Waals surface area contributed by atoms with Crippen molar-refractivity contribution in [2.45, 2.75) is 19.4 Å². The molecule has 3 heteroatoms. The minimum atomic E-state index is -0.473. The maximum Gasteiger partial charge on any atom is 0.123 e. The summed E-state index contributed by atoms with van der Waals surface area (Å²) in [5.74, 6) is 5.24. The lowest BCUT2D eigenvalue weighted by Crippen LogP contribution is -2.25. The predicted octanol–water partition coefficient (Wildman–Crippen LogP) is 2.29. The first-order valence-electron chi connectivity index (χ1n) is 4.59. The fourth-order valence-corrected chi connectivity index (χ4v) is 1.46. The second kappa shape index (κ2) is 3.12. The van der Waals surface area contributed by atoms with Crippen molar-refractivity contribution in [1.29, 1.82) is 0 Å². The van der Waals surface area contributed by atoms with Crippen molar-refractivity contribution in [2.24, 2.45) is 5.90 Å². The van der Waals surface area contributed by atoms with E-state index in [1.165, 1.54) is 5.39 Å². The SMILES string of the molecule is CC(C)(ON)c1cc2ccccc2[nH]1. The van der Waals surface area contributed by atoms with Crippen LogP contribution in [-0.2, 0) is 10.4 Å². The molecule has 2 aromatic rings. The summed E-state index contributed by atoms with van der Waals surface area (Å²) in [5.41, 5.74) is 1.62. The van der Waals surface area contributed by atoms with E-state index in [1.807, 2.05) is 32.0 Å². The molecule has 0 saturated heterocycles. The highest BCUT2D eigenvalue weighted by Crippen LogP contribution is 2.25. The fraction of sp³-hybridized carbons (Fsp3) is 0.273. The third-order valence-electron chi connectivity index (χ3n) is 2.47. The topological polar surface area (TPSA) is 51.0 Å². The van der Waals surface area contributed by atoms with Gasteiger partial charge in [-0.05, 0) is 31.4 Å². The zero-order valence-electron chi connectivity index (χ0n) is 8.37. The second-order valence-corrected chi connectivity index (χ2v) is 3.90. The lowest BCUT2D eigenvalue weighted by Gasteiger charge is -2.19. The van der Waals surface area contributed by atoms with Gasteiger partial charge < -0.3 is 4.98 Å². The summed E-state index contributed by atoms with van der Waals surface area (Å²) in [6.07, 6.45) is 0. The second-order valence-electron chi connectivity index (χ2n) is 3.90. The molecule has 3 nitrogen and oxygen atoms in total. The molecule has 1 heterocycles. The number of fused-ring (bicyclic) bond motifs is 1. The van der Waals surface area contributed by atoms with Crippen molar-refractivity contribution in [3.8, 4) is 0 Å². The molecule has 14 heavy (non-hydrogen) atoms. The van der Waals surface area contributed by atoms with E-state index in [4.69, 9.17) is 10.7 Å². The molecule has 0 saturated carbocycles. The number of para-hydroxylation sites is 1. The standard InChI is InChI=1S/C11H14N2O/c1-11(2,14-12)10-7-8-5-3-4-6-9(8)13-10/h3-7,13H,12H2,1-2H3. The lowest BCUT2D eigenvalue weighted by molar-refractivity contribution is -0.0263. The van der Waals surface area contributed by atoms with Crippen LogP contribution in [0.3, 0.4) is 0 Å². The Morgan fingerprint density at radius 1 is 1.29 bits per heavy atom. The largest absolute Gasteiger partial charge is 0.356 e. The number of aromatic amines is 1. The van der Waals surface area contributed by atoms with Crippen LogP contribution < -0.4 is 5.90 Å². The molecule has 0 aliphatic heterocycles. The van der Waals surface area contributed by atoms with Gasteiger partial charge in [0.2, 0.25) is 0 Å². The smallest absolute Gasteiger partial charge is 0.123 e. The summed E-state index contributed by atoms with van der Waals surface area (Å²) in [6.45, 7) is 3.86. The van der Waals surface area contributed by atoms with E-state index in [0.29, 0.717) is 0 Å². The Kier molecular flexibility index (Phi) is 2.06. The van der Waals surface area contributed by atoms with Crippen molar-refractivity contribution in [3.05, 3.63) is 36.0 Å². The van der Waals surface area contributed by atoms with E-state index >= 15 is 0 Å². The van der Waals surface area contributed by atoms with Gasteiger partial charge in [0, 0.05) is 11.2 Å². The molecule has 0 amide bonds. The van der Waals surface area contributed by atoms with E-state index < -0.39 is 5.60 Å². The molecular weight excluding hydrogens is 176 g/mol. The maximum absolute atomic E-state index is 5.24. The van der Waals surface area contributed by atoms with E-state index in [1.54, 1.807) is 0 Å². The number of rotatable bonds is 2. The van der Waals surface area contributed by atoms with Gasteiger partial charge in [-0.2, -0.15) is 0 Å². The van der Waals surface area contributed by atoms with Crippen LogP contribution in [0.4, 0.5) is 0 Å². The molecule has 1 aromatic heterocycles. The number of nitrogens with one attached hydrogen (secondary N) is 1. The Morgan fingerprint density at radius 2 is 2.00 bits per heavy atom. The van der Waals surface area contributed by atoms with E-state index in [0.717, 1.165) is 11.2 Å². The summed E-state index contributed by atoms with van der Waals surface area (Å²) in [4.78, 5) is 8.20. The number of benzene rings is 1. The highest BCUT2D eigenvalue weighted by atomic mass is 16.6. The molecule has 0 spiro atoms. The first-order chi connectivity index (χ1) is 6.63. The van der Waals surface area contributed by atoms with Gasteiger partial charge in [-0.1, -0.05) is 18.2 Å². The minimum Gasteiger partial charge on any atom is -0.356 e. The third-order valence-corrected chi connectivity index (χ3v) is 2.47. The molecule has 0 bridgehead atoms. The van der Waals surface area contributed by atoms with Gasteiger partial charge in [0.25, 0.3) is 0 Å². The average molecular weight is 190 g/mol. The summed E-state index contributed by atoms with van der Waals surface area (Å²) >= 11 is 0. The molecule has 0 fully saturated rings. The van der Waals surface area contributed by atoms with E-state index in [-0.39, 0.29) is 0 Å². The van der Waals surface area contributed by atoms with Crippen LogP contribution in [0.5, 0.6) is 0 Å². The quantitative estimate of drug-likeness (QED) is 0.714.